The molecule has 5 heteroatoms. The molecule has 4 aliphatic rings. The minimum atomic E-state index is 0.0937. The van der Waals surface area contributed by atoms with E-state index in [1.54, 1.807) is 0 Å². The van der Waals surface area contributed by atoms with Gasteiger partial charge in [-0.05, 0) is 55.8 Å². The Balaban J connectivity index is 1.43. The normalized spacial score (nSPS) is 38.0. The van der Waals surface area contributed by atoms with E-state index < -0.39 is 0 Å². The molecule has 2 N–H and O–H groups in total. The lowest BCUT2D eigenvalue weighted by molar-refractivity contribution is -0.135. The average molecular weight is 273 g/mol. The lowest BCUT2D eigenvalue weighted by atomic mass is 9.55. The Morgan fingerprint density at radius 2 is 1.85 bits per heavy atom. The summed E-state index contributed by atoms with van der Waals surface area (Å²) in [4.78, 5) is 4.05. The maximum atomic E-state index is 8.82. The summed E-state index contributed by atoms with van der Waals surface area (Å²) in [6.07, 6.45) is 7.11. The molecule has 0 radical (unpaired) electrons. The molecule has 0 spiro atoms. The van der Waals surface area contributed by atoms with Crippen molar-refractivity contribution in [3.8, 4) is 6.07 Å². The third-order valence-corrected chi connectivity index (χ3v) is 5.34. The average Bonchev–Trinajstić information content (AvgIpc) is 2.77. The van der Waals surface area contributed by atoms with Crippen LogP contribution in [0.4, 0.5) is 5.88 Å². The first-order chi connectivity index (χ1) is 9.72. The molecule has 1 aromatic heterocycles. The number of aromatic nitrogens is 1. The Hall–Kier alpha value is -1.54. The number of anilines is 1. The van der Waals surface area contributed by atoms with Crippen LogP contribution >= 0.6 is 0 Å². The van der Waals surface area contributed by atoms with Crippen LogP contribution in [0.15, 0.2) is 4.42 Å². The number of hydrogen-bond acceptors (Lipinski definition) is 5. The summed E-state index contributed by atoms with van der Waals surface area (Å²) in [5.74, 6) is 3.84. The Kier molecular flexibility index (Phi) is 2.74. The van der Waals surface area contributed by atoms with Crippen molar-refractivity contribution in [1.82, 2.24) is 4.98 Å². The molecule has 0 aromatic carbocycles. The summed E-state index contributed by atoms with van der Waals surface area (Å²) < 4.78 is 11.4. The van der Waals surface area contributed by atoms with Crippen molar-refractivity contribution in [3.63, 3.8) is 0 Å². The molecule has 4 fully saturated rings. The molecule has 0 unspecified atom stereocenters. The van der Waals surface area contributed by atoms with Crippen LogP contribution in [0.25, 0.3) is 0 Å². The summed E-state index contributed by atoms with van der Waals surface area (Å²) in [6.45, 7) is 0.332. The second-order valence-corrected chi connectivity index (χ2v) is 6.64. The van der Waals surface area contributed by atoms with Gasteiger partial charge in [0.15, 0.2) is 0 Å². The van der Waals surface area contributed by atoms with Crippen molar-refractivity contribution in [2.24, 2.45) is 23.7 Å². The lowest BCUT2D eigenvalue weighted by Gasteiger charge is -2.53. The first kappa shape index (κ1) is 12.2. The van der Waals surface area contributed by atoms with E-state index in [0.29, 0.717) is 30.4 Å². The summed E-state index contributed by atoms with van der Waals surface area (Å²) in [6, 6.07) is 1.92. The maximum Gasteiger partial charge on any atom is 0.229 e. The fourth-order valence-electron chi connectivity index (χ4n) is 4.83. The monoisotopic (exact) mass is 273 g/mol. The van der Waals surface area contributed by atoms with E-state index in [1.165, 1.54) is 32.1 Å². The zero-order valence-corrected chi connectivity index (χ0v) is 11.4. The first-order valence-corrected chi connectivity index (χ1v) is 7.49. The van der Waals surface area contributed by atoms with Crippen LogP contribution < -0.4 is 5.73 Å². The molecule has 0 amide bonds. The minimum absolute atomic E-state index is 0.0937. The molecule has 5 nitrogen and oxygen atoms in total. The zero-order chi connectivity index (χ0) is 13.7. The van der Waals surface area contributed by atoms with E-state index in [4.69, 9.17) is 20.1 Å². The summed E-state index contributed by atoms with van der Waals surface area (Å²) in [7, 11) is 0. The molecule has 1 aromatic rings. The highest BCUT2D eigenvalue weighted by Gasteiger charge is 2.48. The highest BCUT2D eigenvalue weighted by molar-refractivity contribution is 5.40. The van der Waals surface area contributed by atoms with Gasteiger partial charge in [0, 0.05) is 0 Å². The fraction of sp³-hybridized carbons (Fsp3) is 0.733. The van der Waals surface area contributed by atoms with E-state index in [0.717, 1.165) is 11.8 Å². The Morgan fingerprint density at radius 1 is 1.20 bits per heavy atom. The van der Waals surface area contributed by atoms with Crippen LogP contribution in [0.2, 0.25) is 0 Å². The van der Waals surface area contributed by atoms with Crippen LogP contribution in [0.3, 0.4) is 0 Å². The van der Waals surface area contributed by atoms with E-state index in [9.17, 15) is 0 Å². The Bertz CT molecular complexity index is 532. The van der Waals surface area contributed by atoms with Crippen LogP contribution in [0.5, 0.6) is 0 Å². The van der Waals surface area contributed by atoms with Crippen molar-refractivity contribution in [2.75, 3.05) is 5.73 Å². The predicted molar refractivity (Wildman–Crippen MR) is 71.3 cm³/mol. The van der Waals surface area contributed by atoms with Gasteiger partial charge in [0.05, 0.1) is 6.10 Å². The van der Waals surface area contributed by atoms with Crippen molar-refractivity contribution >= 4 is 5.88 Å². The van der Waals surface area contributed by atoms with Crippen molar-refractivity contribution in [2.45, 2.75) is 44.8 Å². The Labute approximate surface area is 118 Å². The summed E-state index contributed by atoms with van der Waals surface area (Å²) >= 11 is 0. The highest BCUT2D eigenvalue weighted by Crippen LogP contribution is 2.54. The second kappa shape index (κ2) is 4.49. The van der Waals surface area contributed by atoms with Crippen molar-refractivity contribution in [3.05, 3.63) is 11.6 Å². The van der Waals surface area contributed by atoms with Crippen molar-refractivity contribution < 1.29 is 9.15 Å². The summed E-state index contributed by atoms with van der Waals surface area (Å²) in [5, 5.41) is 8.82. The standard InChI is InChI=1S/C15H19N3O2/c16-6-12-15(17)20-13(18-12)7-19-14-10-2-8-1-9(4-10)5-11(14)3-8/h8-11,14H,1-5,7,17H2. The van der Waals surface area contributed by atoms with Crippen molar-refractivity contribution in [1.29, 1.82) is 5.26 Å². The van der Waals surface area contributed by atoms with Crippen LogP contribution in [-0.2, 0) is 11.3 Å². The van der Waals surface area contributed by atoms with Crippen LogP contribution in [0.1, 0.15) is 43.7 Å². The van der Waals surface area contributed by atoms with Gasteiger partial charge >= 0.3 is 0 Å². The van der Waals surface area contributed by atoms with Gasteiger partial charge < -0.3 is 14.9 Å². The fourth-order valence-corrected chi connectivity index (χ4v) is 4.83. The number of oxazole rings is 1. The van der Waals surface area contributed by atoms with Gasteiger partial charge in [0.2, 0.25) is 17.5 Å². The third-order valence-electron chi connectivity index (χ3n) is 5.34. The zero-order valence-electron chi connectivity index (χ0n) is 11.4. The molecule has 0 aliphatic heterocycles. The molecule has 0 atom stereocenters. The molecule has 5 rings (SSSR count). The first-order valence-electron chi connectivity index (χ1n) is 7.49. The van der Waals surface area contributed by atoms with Gasteiger partial charge in [-0.15, -0.1) is 0 Å². The van der Waals surface area contributed by atoms with Gasteiger partial charge in [0.25, 0.3) is 0 Å². The smallest absolute Gasteiger partial charge is 0.229 e. The Morgan fingerprint density at radius 3 is 2.40 bits per heavy atom. The van der Waals surface area contributed by atoms with E-state index in [2.05, 4.69) is 4.98 Å². The predicted octanol–water partition coefficient (Wildman–Crippen LogP) is 2.47. The molecule has 4 saturated carbocycles. The molecular weight excluding hydrogens is 254 g/mol. The van der Waals surface area contributed by atoms with Gasteiger partial charge in [-0.25, -0.2) is 0 Å². The third kappa shape index (κ3) is 1.90. The highest BCUT2D eigenvalue weighted by atomic mass is 16.5. The number of nitrogens with zero attached hydrogens (tertiary/aromatic N) is 2. The lowest BCUT2D eigenvalue weighted by Crippen LogP contribution is -2.49. The molecule has 4 aliphatic carbocycles. The molecule has 4 bridgehead atoms. The molecule has 106 valence electrons. The molecular formula is C15H19N3O2. The van der Waals surface area contributed by atoms with E-state index in [-0.39, 0.29) is 11.6 Å². The van der Waals surface area contributed by atoms with E-state index >= 15 is 0 Å². The van der Waals surface area contributed by atoms with Gasteiger partial charge in [-0.3, -0.25) is 0 Å². The topological polar surface area (TPSA) is 85.1 Å². The van der Waals surface area contributed by atoms with Gasteiger partial charge in [-0.2, -0.15) is 10.2 Å². The number of nitriles is 1. The number of hydrogen-bond donors (Lipinski definition) is 1. The maximum absolute atomic E-state index is 8.82. The van der Waals surface area contributed by atoms with Crippen LogP contribution in [0, 0.1) is 35.0 Å². The SMILES string of the molecule is N#Cc1nc(COC2C3CC4CC(C3)CC2C4)oc1N. The molecule has 0 saturated heterocycles. The van der Waals surface area contributed by atoms with Gasteiger partial charge in [-0.1, -0.05) is 0 Å². The largest absolute Gasteiger partial charge is 0.422 e. The minimum Gasteiger partial charge on any atom is -0.422 e. The number of rotatable bonds is 3. The van der Waals surface area contributed by atoms with E-state index in [1.807, 2.05) is 6.07 Å². The second-order valence-electron chi connectivity index (χ2n) is 6.64. The number of ether oxygens (including phenoxy) is 1. The quantitative estimate of drug-likeness (QED) is 0.914. The van der Waals surface area contributed by atoms with Gasteiger partial charge in [0.1, 0.15) is 12.7 Å². The summed E-state index contributed by atoms with van der Waals surface area (Å²) in [5.41, 5.74) is 5.73. The van der Waals surface area contributed by atoms with Crippen LogP contribution in [-0.4, -0.2) is 11.1 Å². The number of nitrogens with two attached hydrogens (primary N) is 1. The number of nitrogen functional groups attached to an aromatic ring is 1. The molecule has 1 heterocycles. The molecule has 20 heavy (non-hydrogen) atoms.